The van der Waals surface area contributed by atoms with E-state index in [1.165, 1.54) is 35.4 Å². The first-order valence-corrected chi connectivity index (χ1v) is 10.5. The number of halogens is 1. The molecule has 0 bridgehead atoms. The van der Waals surface area contributed by atoms with Crippen molar-refractivity contribution in [3.63, 3.8) is 0 Å². The van der Waals surface area contributed by atoms with Crippen LogP contribution in [0.2, 0.25) is 0 Å². The lowest BCUT2D eigenvalue weighted by molar-refractivity contribution is -0.113. The van der Waals surface area contributed by atoms with E-state index < -0.39 is 0 Å². The molecular weight excluding hydrogens is 387 g/mol. The van der Waals surface area contributed by atoms with Gasteiger partial charge in [0.25, 0.3) is 0 Å². The third kappa shape index (κ3) is 4.24. The van der Waals surface area contributed by atoms with E-state index in [4.69, 9.17) is 0 Å². The SMILES string of the molecule is C=CCn1c(SCC(=O)Nc2ccc3c(c2)CCC3)nnc1-c1ccccc1F. The van der Waals surface area contributed by atoms with Crippen LogP contribution in [0.4, 0.5) is 10.1 Å². The van der Waals surface area contributed by atoms with Crippen LogP contribution in [0.25, 0.3) is 11.4 Å². The maximum Gasteiger partial charge on any atom is 0.234 e. The van der Waals surface area contributed by atoms with Crippen molar-refractivity contribution >= 4 is 23.4 Å². The van der Waals surface area contributed by atoms with Crippen molar-refractivity contribution in [2.75, 3.05) is 11.1 Å². The van der Waals surface area contributed by atoms with E-state index in [2.05, 4.69) is 34.2 Å². The molecule has 2 aromatic carbocycles. The molecule has 4 rings (SSSR count). The summed E-state index contributed by atoms with van der Waals surface area (Å²) in [5, 5.41) is 11.8. The number of thioether (sulfide) groups is 1. The highest BCUT2D eigenvalue weighted by atomic mass is 32.2. The Morgan fingerprint density at radius 2 is 2.03 bits per heavy atom. The van der Waals surface area contributed by atoms with Gasteiger partial charge >= 0.3 is 0 Å². The number of nitrogens with zero attached hydrogens (tertiary/aromatic N) is 3. The Bertz CT molecular complexity index is 1060. The molecule has 3 aromatic rings. The number of allylic oxidation sites excluding steroid dienone is 1. The smallest absolute Gasteiger partial charge is 0.234 e. The van der Waals surface area contributed by atoms with Gasteiger partial charge < -0.3 is 5.32 Å². The van der Waals surface area contributed by atoms with Crippen molar-refractivity contribution in [3.05, 3.63) is 72.1 Å². The molecule has 0 saturated heterocycles. The Labute approximate surface area is 173 Å². The molecule has 5 nitrogen and oxygen atoms in total. The number of aromatic nitrogens is 3. The molecule has 0 spiro atoms. The Kier molecular flexibility index (Phi) is 5.76. The summed E-state index contributed by atoms with van der Waals surface area (Å²) in [6.07, 6.45) is 5.05. The summed E-state index contributed by atoms with van der Waals surface area (Å²) >= 11 is 1.27. The predicted molar refractivity (Wildman–Crippen MR) is 113 cm³/mol. The molecule has 0 radical (unpaired) electrons. The van der Waals surface area contributed by atoms with Crippen molar-refractivity contribution in [3.8, 4) is 11.4 Å². The van der Waals surface area contributed by atoms with Crippen molar-refractivity contribution in [1.29, 1.82) is 0 Å². The van der Waals surface area contributed by atoms with E-state index in [0.717, 1.165) is 18.5 Å². The van der Waals surface area contributed by atoms with E-state index in [-0.39, 0.29) is 17.5 Å². The van der Waals surface area contributed by atoms with Gasteiger partial charge in [-0.3, -0.25) is 9.36 Å². The molecule has 1 amide bonds. The molecule has 1 aromatic heterocycles. The number of nitrogens with one attached hydrogen (secondary N) is 1. The normalized spacial score (nSPS) is 12.6. The number of benzene rings is 2. The maximum absolute atomic E-state index is 14.2. The molecule has 0 fully saturated rings. The van der Waals surface area contributed by atoms with E-state index in [1.54, 1.807) is 28.8 Å². The maximum atomic E-state index is 14.2. The second-order valence-corrected chi connectivity index (χ2v) is 7.80. The summed E-state index contributed by atoms with van der Waals surface area (Å²) in [7, 11) is 0. The highest BCUT2D eigenvalue weighted by Gasteiger charge is 2.18. The lowest BCUT2D eigenvalue weighted by atomic mass is 10.1. The Balaban J connectivity index is 1.46. The van der Waals surface area contributed by atoms with Gasteiger partial charge in [0, 0.05) is 12.2 Å². The number of carbonyl (C=O) groups is 1. The van der Waals surface area contributed by atoms with Crippen LogP contribution in [0.5, 0.6) is 0 Å². The molecule has 148 valence electrons. The fraction of sp³-hybridized carbons (Fsp3) is 0.227. The Morgan fingerprint density at radius 3 is 2.86 bits per heavy atom. The highest BCUT2D eigenvalue weighted by molar-refractivity contribution is 7.99. The van der Waals surface area contributed by atoms with Crippen molar-refractivity contribution in [2.45, 2.75) is 31.0 Å². The first kappa shape index (κ1) is 19.4. The molecule has 1 aliphatic carbocycles. The van der Waals surface area contributed by atoms with Crippen LogP contribution in [-0.4, -0.2) is 26.4 Å². The van der Waals surface area contributed by atoms with Crippen LogP contribution in [0.15, 0.2) is 60.3 Å². The van der Waals surface area contributed by atoms with Gasteiger partial charge in [-0.05, 0) is 54.7 Å². The Hall–Kier alpha value is -2.93. The molecule has 29 heavy (non-hydrogen) atoms. The number of rotatable bonds is 7. The van der Waals surface area contributed by atoms with Gasteiger partial charge in [0.15, 0.2) is 11.0 Å². The molecule has 1 N–H and O–H groups in total. The van der Waals surface area contributed by atoms with Crippen LogP contribution in [0.3, 0.4) is 0 Å². The summed E-state index contributed by atoms with van der Waals surface area (Å²) in [6.45, 7) is 4.18. The van der Waals surface area contributed by atoms with Gasteiger partial charge in [-0.25, -0.2) is 4.39 Å². The zero-order valence-electron chi connectivity index (χ0n) is 15.9. The van der Waals surface area contributed by atoms with Crippen LogP contribution in [-0.2, 0) is 24.2 Å². The van der Waals surface area contributed by atoms with E-state index in [9.17, 15) is 9.18 Å². The number of fused-ring (bicyclic) bond motifs is 1. The van der Waals surface area contributed by atoms with Crippen molar-refractivity contribution in [2.24, 2.45) is 0 Å². The summed E-state index contributed by atoms with van der Waals surface area (Å²) in [6, 6.07) is 12.5. The quantitative estimate of drug-likeness (QED) is 0.462. The fourth-order valence-electron chi connectivity index (χ4n) is 3.51. The number of hydrogen-bond donors (Lipinski definition) is 1. The standard InChI is InChI=1S/C22H21FN4OS/c1-2-12-27-21(18-8-3-4-9-19(18)23)25-26-22(27)29-14-20(28)24-17-11-10-15-6-5-7-16(15)13-17/h2-4,8-11,13H,1,5-7,12,14H2,(H,24,28). The number of anilines is 1. The van der Waals surface area contributed by atoms with Crippen LogP contribution >= 0.6 is 11.8 Å². The van der Waals surface area contributed by atoms with Crippen LogP contribution in [0, 0.1) is 5.82 Å². The average Bonchev–Trinajstić information content (AvgIpc) is 3.34. The molecule has 0 atom stereocenters. The second kappa shape index (κ2) is 8.61. The zero-order valence-corrected chi connectivity index (χ0v) is 16.7. The third-order valence-corrected chi connectivity index (χ3v) is 5.82. The molecule has 1 heterocycles. The minimum atomic E-state index is -0.365. The predicted octanol–water partition coefficient (Wildman–Crippen LogP) is 4.49. The molecule has 0 saturated carbocycles. The lowest BCUT2D eigenvalue weighted by Gasteiger charge is -2.09. The van der Waals surface area contributed by atoms with Gasteiger partial charge in [-0.1, -0.05) is 36.0 Å². The number of hydrogen-bond acceptors (Lipinski definition) is 4. The van der Waals surface area contributed by atoms with Crippen molar-refractivity contribution in [1.82, 2.24) is 14.8 Å². The molecule has 7 heteroatoms. The third-order valence-electron chi connectivity index (χ3n) is 4.86. The number of aryl methyl sites for hydroxylation is 2. The summed E-state index contributed by atoms with van der Waals surface area (Å²) < 4.78 is 15.9. The van der Waals surface area contributed by atoms with E-state index >= 15 is 0 Å². The first-order valence-electron chi connectivity index (χ1n) is 9.49. The summed E-state index contributed by atoms with van der Waals surface area (Å²) in [4.78, 5) is 12.4. The molecule has 0 unspecified atom stereocenters. The fourth-order valence-corrected chi connectivity index (χ4v) is 4.26. The number of amides is 1. The highest BCUT2D eigenvalue weighted by Crippen LogP contribution is 2.27. The first-order chi connectivity index (χ1) is 14.2. The van der Waals surface area contributed by atoms with Gasteiger partial charge in [0.1, 0.15) is 5.82 Å². The van der Waals surface area contributed by atoms with Crippen molar-refractivity contribution < 1.29 is 9.18 Å². The molecule has 0 aliphatic heterocycles. The van der Waals surface area contributed by atoms with Crippen LogP contribution < -0.4 is 5.32 Å². The van der Waals surface area contributed by atoms with E-state index in [0.29, 0.717) is 23.1 Å². The monoisotopic (exact) mass is 408 g/mol. The van der Waals surface area contributed by atoms with Gasteiger partial charge in [-0.15, -0.1) is 16.8 Å². The second-order valence-electron chi connectivity index (χ2n) is 6.86. The van der Waals surface area contributed by atoms with Gasteiger partial charge in [-0.2, -0.15) is 0 Å². The zero-order chi connectivity index (χ0) is 20.2. The van der Waals surface area contributed by atoms with Crippen LogP contribution in [0.1, 0.15) is 17.5 Å². The minimum absolute atomic E-state index is 0.117. The summed E-state index contributed by atoms with van der Waals surface area (Å²) in [5.41, 5.74) is 3.87. The van der Waals surface area contributed by atoms with Gasteiger partial charge in [0.2, 0.25) is 5.91 Å². The molecular formula is C22H21FN4OS. The Morgan fingerprint density at radius 1 is 1.21 bits per heavy atom. The minimum Gasteiger partial charge on any atom is -0.325 e. The topological polar surface area (TPSA) is 59.8 Å². The molecule has 1 aliphatic rings. The summed E-state index contributed by atoms with van der Waals surface area (Å²) in [5.74, 6) is 0.123. The van der Waals surface area contributed by atoms with E-state index in [1.807, 2.05) is 6.07 Å². The number of carbonyl (C=O) groups excluding carboxylic acids is 1. The van der Waals surface area contributed by atoms with Gasteiger partial charge in [0.05, 0.1) is 11.3 Å². The lowest BCUT2D eigenvalue weighted by Crippen LogP contribution is -2.15. The largest absolute Gasteiger partial charge is 0.325 e. The average molecular weight is 409 g/mol.